The standard InChI is InChI=1S/C11H13N3O3/c1-16-8-4-3-7(5-9(8)17-2)14-11(15)6-10(12)13-14/h3-5H,6H2,1-2H3,(H2,12,13). The Balaban J connectivity index is 2.37. The van der Waals surface area contributed by atoms with E-state index < -0.39 is 0 Å². The summed E-state index contributed by atoms with van der Waals surface area (Å²) in [5, 5.41) is 5.21. The number of hydrazone groups is 1. The first-order valence-electron chi connectivity index (χ1n) is 5.03. The zero-order chi connectivity index (χ0) is 12.4. The van der Waals surface area contributed by atoms with Crippen LogP contribution in [0.1, 0.15) is 6.42 Å². The highest BCUT2D eigenvalue weighted by Crippen LogP contribution is 2.32. The summed E-state index contributed by atoms with van der Waals surface area (Å²) in [7, 11) is 3.08. The second kappa shape index (κ2) is 4.32. The summed E-state index contributed by atoms with van der Waals surface area (Å²) >= 11 is 0. The van der Waals surface area contributed by atoms with Crippen molar-refractivity contribution in [3.8, 4) is 11.5 Å². The van der Waals surface area contributed by atoms with Crippen LogP contribution in [-0.4, -0.2) is 26.0 Å². The van der Waals surface area contributed by atoms with Crippen LogP contribution in [0, 0.1) is 0 Å². The van der Waals surface area contributed by atoms with E-state index in [1.807, 2.05) is 0 Å². The van der Waals surface area contributed by atoms with Gasteiger partial charge in [0.25, 0.3) is 5.91 Å². The molecule has 6 heteroatoms. The van der Waals surface area contributed by atoms with Crippen LogP contribution in [-0.2, 0) is 4.79 Å². The Bertz CT molecular complexity index is 485. The Morgan fingerprint density at radius 1 is 1.29 bits per heavy atom. The highest BCUT2D eigenvalue weighted by molar-refractivity contribution is 6.11. The molecule has 1 aliphatic heterocycles. The maximum Gasteiger partial charge on any atom is 0.255 e. The third-order valence-electron chi connectivity index (χ3n) is 2.41. The molecule has 1 amide bonds. The van der Waals surface area contributed by atoms with Gasteiger partial charge < -0.3 is 15.2 Å². The molecule has 1 aliphatic rings. The van der Waals surface area contributed by atoms with Gasteiger partial charge in [-0.05, 0) is 12.1 Å². The van der Waals surface area contributed by atoms with E-state index in [1.165, 1.54) is 12.1 Å². The average molecular weight is 235 g/mol. The van der Waals surface area contributed by atoms with E-state index in [9.17, 15) is 4.79 Å². The van der Waals surface area contributed by atoms with Crippen molar-refractivity contribution in [3.05, 3.63) is 18.2 Å². The van der Waals surface area contributed by atoms with Crippen molar-refractivity contribution in [1.82, 2.24) is 0 Å². The van der Waals surface area contributed by atoms with Gasteiger partial charge in [-0.3, -0.25) is 4.79 Å². The number of nitrogens with zero attached hydrogens (tertiary/aromatic N) is 2. The number of carbonyl (C=O) groups excluding carboxylic acids is 1. The van der Waals surface area contributed by atoms with Gasteiger partial charge in [-0.25, -0.2) is 0 Å². The van der Waals surface area contributed by atoms with Crippen LogP contribution in [0.4, 0.5) is 5.69 Å². The van der Waals surface area contributed by atoms with Crippen LogP contribution in [0.3, 0.4) is 0 Å². The molecule has 0 unspecified atom stereocenters. The van der Waals surface area contributed by atoms with Crippen molar-refractivity contribution in [2.75, 3.05) is 19.2 Å². The molecule has 2 N–H and O–H groups in total. The van der Waals surface area contributed by atoms with Gasteiger partial charge in [-0.15, -0.1) is 0 Å². The predicted octanol–water partition coefficient (Wildman–Crippen LogP) is 0.713. The maximum atomic E-state index is 11.6. The summed E-state index contributed by atoms with van der Waals surface area (Å²) in [6.45, 7) is 0. The normalized spacial score (nSPS) is 14.8. The Morgan fingerprint density at radius 2 is 2.00 bits per heavy atom. The number of ether oxygens (including phenoxy) is 2. The molecular weight excluding hydrogens is 222 g/mol. The molecule has 1 aromatic carbocycles. The largest absolute Gasteiger partial charge is 0.493 e. The van der Waals surface area contributed by atoms with Gasteiger partial charge in [0.2, 0.25) is 0 Å². The zero-order valence-electron chi connectivity index (χ0n) is 9.64. The molecule has 0 atom stereocenters. The molecular formula is C11H13N3O3. The molecule has 17 heavy (non-hydrogen) atoms. The summed E-state index contributed by atoms with van der Waals surface area (Å²) in [6.07, 6.45) is 0.147. The average Bonchev–Trinajstić information content (AvgIpc) is 2.67. The fourth-order valence-corrected chi connectivity index (χ4v) is 1.61. The first-order valence-corrected chi connectivity index (χ1v) is 5.03. The van der Waals surface area contributed by atoms with Crippen LogP contribution in [0.2, 0.25) is 0 Å². The summed E-state index contributed by atoms with van der Waals surface area (Å²) in [4.78, 5) is 11.6. The molecule has 0 radical (unpaired) electrons. The van der Waals surface area contributed by atoms with E-state index in [0.29, 0.717) is 23.0 Å². The molecule has 0 aromatic heterocycles. The third kappa shape index (κ3) is 2.01. The summed E-state index contributed by atoms with van der Waals surface area (Å²) in [5.74, 6) is 1.29. The molecule has 1 aromatic rings. The third-order valence-corrected chi connectivity index (χ3v) is 2.41. The van der Waals surface area contributed by atoms with Gasteiger partial charge in [0, 0.05) is 6.07 Å². The number of carbonyl (C=O) groups is 1. The smallest absolute Gasteiger partial charge is 0.255 e. The molecule has 6 nitrogen and oxygen atoms in total. The van der Waals surface area contributed by atoms with Crippen LogP contribution in [0.5, 0.6) is 11.5 Å². The second-order valence-corrected chi connectivity index (χ2v) is 3.51. The lowest BCUT2D eigenvalue weighted by Gasteiger charge is -2.14. The quantitative estimate of drug-likeness (QED) is 0.837. The Morgan fingerprint density at radius 3 is 2.53 bits per heavy atom. The van der Waals surface area contributed by atoms with Gasteiger partial charge in [0.05, 0.1) is 26.3 Å². The van der Waals surface area contributed by atoms with Gasteiger partial charge in [-0.2, -0.15) is 10.1 Å². The van der Waals surface area contributed by atoms with Crippen molar-refractivity contribution in [1.29, 1.82) is 0 Å². The lowest BCUT2D eigenvalue weighted by molar-refractivity contribution is -0.116. The zero-order valence-corrected chi connectivity index (χ0v) is 9.64. The predicted molar refractivity (Wildman–Crippen MR) is 63.3 cm³/mol. The lowest BCUT2D eigenvalue weighted by atomic mass is 10.2. The second-order valence-electron chi connectivity index (χ2n) is 3.51. The lowest BCUT2D eigenvalue weighted by Crippen LogP contribution is -2.19. The topological polar surface area (TPSA) is 77.1 Å². The molecule has 2 rings (SSSR count). The van der Waals surface area contributed by atoms with E-state index in [2.05, 4.69) is 5.10 Å². The molecule has 0 aliphatic carbocycles. The van der Waals surface area contributed by atoms with E-state index >= 15 is 0 Å². The SMILES string of the molecule is COc1ccc(N2N=C(N)CC2=O)cc1OC. The van der Waals surface area contributed by atoms with Crippen molar-refractivity contribution in [2.45, 2.75) is 6.42 Å². The molecule has 90 valence electrons. The Hall–Kier alpha value is -2.24. The van der Waals surface area contributed by atoms with Crippen molar-refractivity contribution in [3.63, 3.8) is 0 Å². The number of amides is 1. The first-order chi connectivity index (χ1) is 8.15. The van der Waals surface area contributed by atoms with E-state index in [1.54, 1.807) is 25.3 Å². The van der Waals surface area contributed by atoms with E-state index in [-0.39, 0.29) is 12.3 Å². The minimum Gasteiger partial charge on any atom is -0.493 e. The highest BCUT2D eigenvalue weighted by atomic mass is 16.5. The Kier molecular flexibility index (Phi) is 2.86. The molecule has 0 fully saturated rings. The van der Waals surface area contributed by atoms with Gasteiger partial charge >= 0.3 is 0 Å². The van der Waals surface area contributed by atoms with Crippen molar-refractivity contribution < 1.29 is 14.3 Å². The molecule has 0 saturated heterocycles. The van der Waals surface area contributed by atoms with E-state index in [4.69, 9.17) is 15.2 Å². The van der Waals surface area contributed by atoms with Crippen LogP contribution < -0.4 is 20.2 Å². The number of rotatable bonds is 3. The number of anilines is 1. The Labute approximate surface area is 98.6 Å². The fraction of sp³-hybridized carbons (Fsp3) is 0.273. The molecule has 0 spiro atoms. The first kappa shape index (κ1) is 11.3. The summed E-state index contributed by atoms with van der Waals surface area (Å²) < 4.78 is 10.3. The summed E-state index contributed by atoms with van der Waals surface area (Å²) in [5.41, 5.74) is 6.12. The number of methoxy groups -OCH3 is 2. The van der Waals surface area contributed by atoms with Crippen molar-refractivity contribution >= 4 is 17.4 Å². The minimum absolute atomic E-state index is 0.147. The van der Waals surface area contributed by atoms with Gasteiger partial charge in [0.1, 0.15) is 5.84 Å². The monoisotopic (exact) mass is 235 g/mol. The highest BCUT2D eigenvalue weighted by Gasteiger charge is 2.24. The summed E-state index contributed by atoms with van der Waals surface area (Å²) in [6, 6.07) is 5.12. The molecule has 1 heterocycles. The number of hydrogen-bond acceptors (Lipinski definition) is 5. The number of hydrogen-bond donors (Lipinski definition) is 1. The van der Waals surface area contributed by atoms with Crippen LogP contribution in [0.25, 0.3) is 0 Å². The van der Waals surface area contributed by atoms with Crippen LogP contribution in [0.15, 0.2) is 23.3 Å². The molecule has 0 bridgehead atoms. The maximum absolute atomic E-state index is 11.6. The fourth-order valence-electron chi connectivity index (χ4n) is 1.61. The number of nitrogens with two attached hydrogens (primary N) is 1. The van der Waals surface area contributed by atoms with E-state index in [0.717, 1.165) is 0 Å². The minimum atomic E-state index is -0.158. The number of amidine groups is 1. The van der Waals surface area contributed by atoms with Crippen LogP contribution >= 0.6 is 0 Å². The van der Waals surface area contributed by atoms with Crippen molar-refractivity contribution in [2.24, 2.45) is 10.8 Å². The van der Waals surface area contributed by atoms with Gasteiger partial charge in [0.15, 0.2) is 11.5 Å². The number of benzene rings is 1. The molecule has 0 saturated carbocycles. The van der Waals surface area contributed by atoms with Gasteiger partial charge in [-0.1, -0.05) is 0 Å².